The highest BCUT2D eigenvalue weighted by Crippen LogP contribution is 2.40. The summed E-state index contributed by atoms with van der Waals surface area (Å²) in [5, 5.41) is 4.34. The van der Waals surface area contributed by atoms with E-state index < -0.39 is 0 Å². The first-order valence-electron chi connectivity index (χ1n) is 20.1. The highest BCUT2D eigenvalue weighted by molar-refractivity contribution is 6.39. The van der Waals surface area contributed by atoms with Crippen LogP contribution < -0.4 is 22.1 Å². The highest BCUT2D eigenvalue weighted by Gasteiger charge is 2.32. The third-order valence-corrected chi connectivity index (χ3v) is 12.8. The fourth-order valence-corrected chi connectivity index (χ4v) is 10.0. The smallest absolute Gasteiger partial charge is 0.332 e. The molecule has 0 bridgehead atoms. The Balaban J connectivity index is 1.41. The first-order valence-corrected chi connectivity index (χ1v) is 20.1. The molecule has 2 heterocycles. The zero-order valence-electron chi connectivity index (χ0n) is 29.8. The molecule has 0 saturated heterocycles. The largest absolute Gasteiger partial charge is 0.368 e. The molecule has 4 fully saturated rings. The molecule has 0 aliphatic heterocycles. The van der Waals surface area contributed by atoms with Gasteiger partial charge >= 0.3 is 5.69 Å². The molecule has 0 spiro atoms. The quantitative estimate of drug-likeness (QED) is 0.318. The second-order valence-electron chi connectivity index (χ2n) is 16.2. The van der Waals surface area contributed by atoms with Gasteiger partial charge in [-0.05, 0) is 45.4 Å². The van der Waals surface area contributed by atoms with E-state index in [-0.39, 0.29) is 34.9 Å². The summed E-state index contributed by atoms with van der Waals surface area (Å²) < 4.78 is 5.32. The maximum Gasteiger partial charge on any atom is 0.332 e. The van der Waals surface area contributed by atoms with Crippen LogP contribution in [0.25, 0.3) is 10.9 Å². The lowest BCUT2D eigenvalue weighted by molar-refractivity contribution is 0.314. The molecular weight excluding hydrogens is 583 g/mol. The molecule has 2 aromatic rings. The van der Waals surface area contributed by atoms with Crippen molar-refractivity contribution in [1.29, 1.82) is 0 Å². The van der Waals surface area contributed by atoms with Crippen LogP contribution in [0.5, 0.6) is 0 Å². The lowest BCUT2D eigenvalue weighted by Crippen LogP contribution is -2.46. The number of aryl methyl sites for hydroxylation is 1. The van der Waals surface area contributed by atoms with Crippen LogP contribution >= 0.6 is 0 Å². The number of pyridine rings is 1. The summed E-state index contributed by atoms with van der Waals surface area (Å²) in [4.78, 5) is 43.5. The second-order valence-corrected chi connectivity index (χ2v) is 16.2. The SMILES string of the molecule is Cc1c(=O)n(C)c(NC2CCCCCCC2)c2c(=O)n(C3CCCCCCC3)c(=O)n(C3CCC(BC4CCCCCCC4)CC3)c12. The normalized spacial score (nSPS) is 25.2. The summed E-state index contributed by atoms with van der Waals surface area (Å²) in [6, 6.07) is 0.178. The number of aromatic nitrogens is 3. The van der Waals surface area contributed by atoms with Gasteiger partial charge in [0.25, 0.3) is 11.1 Å². The Hall–Kier alpha value is -2.25. The van der Waals surface area contributed by atoms with Crippen LogP contribution in [0.15, 0.2) is 14.4 Å². The molecule has 0 aromatic carbocycles. The predicted octanol–water partition coefficient (Wildman–Crippen LogP) is 8.85. The second kappa shape index (κ2) is 16.4. The van der Waals surface area contributed by atoms with Crippen LogP contribution in [-0.2, 0) is 7.05 Å². The van der Waals surface area contributed by atoms with E-state index in [1.165, 1.54) is 90.8 Å². The Morgan fingerprint density at radius 2 is 1.02 bits per heavy atom. The summed E-state index contributed by atoms with van der Waals surface area (Å²) in [6.07, 6.45) is 29.5. The molecular formula is C39H63BN4O3. The van der Waals surface area contributed by atoms with Gasteiger partial charge in [-0.25, -0.2) is 4.79 Å². The minimum absolute atomic E-state index is 0.0269. The number of hydrogen-bond donors (Lipinski definition) is 1. The molecule has 2 aromatic heterocycles. The topological polar surface area (TPSA) is 78.0 Å². The first-order chi connectivity index (χ1) is 22.9. The number of hydrogen-bond acceptors (Lipinski definition) is 4. The number of fused-ring (bicyclic) bond motifs is 1. The Morgan fingerprint density at radius 1 is 0.553 bits per heavy atom. The predicted molar refractivity (Wildman–Crippen MR) is 198 cm³/mol. The van der Waals surface area contributed by atoms with Crippen molar-refractivity contribution in [3.05, 3.63) is 36.8 Å². The zero-order valence-corrected chi connectivity index (χ0v) is 29.8. The maximum absolute atomic E-state index is 14.8. The standard InChI is InChI=1S/C39H63BN4O3/c1-28-35-34(36(42(2)37(28)45)41-31-20-14-8-4-9-15-21-31)38(46)44(32-22-16-10-5-11-17-23-32)39(47)43(35)33-26-24-30(25-27-33)40-29-18-12-6-3-7-13-19-29/h29-33,40-41H,3-27H2,1-2H3. The van der Waals surface area contributed by atoms with Crippen molar-refractivity contribution < 1.29 is 0 Å². The van der Waals surface area contributed by atoms with Crippen molar-refractivity contribution >= 4 is 24.0 Å². The molecule has 4 aliphatic rings. The Morgan fingerprint density at radius 3 is 1.60 bits per heavy atom. The van der Waals surface area contributed by atoms with E-state index in [1.807, 2.05) is 18.5 Å². The van der Waals surface area contributed by atoms with Gasteiger partial charge < -0.3 is 5.32 Å². The summed E-state index contributed by atoms with van der Waals surface area (Å²) in [5.74, 6) is 2.21. The minimum Gasteiger partial charge on any atom is -0.368 e. The van der Waals surface area contributed by atoms with Gasteiger partial charge in [-0.2, -0.15) is 0 Å². The molecule has 4 aliphatic carbocycles. The fourth-order valence-electron chi connectivity index (χ4n) is 10.0. The Labute approximate surface area is 283 Å². The number of nitrogens with one attached hydrogen (secondary N) is 1. The average Bonchev–Trinajstić information content (AvgIpc) is 3.02. The third-order valence-electron chi connectivity index (χ3n) is 12.8. The van der Waals surface area contributed by atoms with Gasteiger partial charge in [0, 0.05) is 30.7 Å². The van der Waals surface area contributed by atoms with E-state index in [9.17, 15) is 14.4 Å². The van der Waals surface area contributed by atoms with Crippen molar-refractivity contribution in [2.75, 3.05) is 5.32 Å². The zero-order chi connectivity index (χ0) is 32.8. The molecule has 0 unspecified atom stereocenters. The van der Waals surface area contributed by atoms with Crippen molar-refractivity contribution in [3.8, 4) is 0 Å². The van der Waals surface area contributed by atoms with E-state index in [1.54, 1.807) is 9.13 Å². The monoisotopic (exact) mass is 646 g/mol. The molecule has 0 amide bonds. The lowest BCUT2D eigenvalue weighted by Gasteiger charge is -2.34. The number of anilines is 1. The third kappa shape index (κ3) is 7.98. The van der Waals surface area contributed by atoms with E-state index >= 15 is 0 Å². The average molecular weight is 647 g/mol. The van der Waals surface area contributed by atoms with Crippen LogP contribution in [0.1, 0.15) is 178 Å². The lowest BCUT2D eigenvalue weighted by atomic mass is 9.49. The first kappa shape index (κ1) is 34.6. The van der Waals surface area contributed by atoms with Crippen LogP contribution in [0.4, 0.5) is 5.82 Å². The molecule has 47 heavy (non-hydrogen) atoms. The minimum atomic E-state index is -0.183. The number of nitrogens with zero attached hydrogens (tertiary/aromatic N) is 3. The molecule has 0 atom stereocenters. The molecule has 260 valence electrons. The maximum atomic E-state index is 14.8. The molecule has 6 rings (SSSR count). The van der Waals surface area contributed by atoms with Crippen molar-refractivity contribution in [2.24, 2.45) is 7.05 Å². The van der Waals surface area contributed by atoms with Crippen molar-refractivity contribution in [2.45, 2.75) is 197 Å². The highest BCUT2D eigenvalue weighted by atomic mass is 16.2. The van der Waals surface area contributed by atoms with Crippen molar-refractivity contribution in [3.63, 3.8) is 0 Å². The van der Waals surface area contributed by atoms with E-state index in [0.29, 0.717) is 22.3 Å². The van der Waals surface area contributed by atoms with Gasteiger partial charge in [0.2, 0.25) is 0 Å². The summed E-state index contributed by atoms with van der Waals surface area (Å²) in [6.45, 7) is 1.85. The van der Waals surface area contributed by atoms with Crippen LogP contribution in [0.3, 0.4) is 0 Å². The molecule has 4 saturated carbocycles. The molecule has 7 nitrogen and oxygen atoms in total. The van der Waals surface area contributed by atoms with Crippen LogP contribution in [-0.4, -0.2) is 27.0 Å². The van der Waals surface area contributed by atoms with Gasteiger partial charge in [-0.3, -0.25) is 23.3 Å². The van der Waals surface area contributed by atoms with Gasteiger partial charge in [0.1, 0.15) is 18.5 Å². The molecule has 0 radical (unpaired) electrons. The van der Waals surface area contributed by atoms with E-state index in [4.69, 9.17) is 0 Å². The van der Waals surface area contributed by atoms with Crippen LogP contribution in [0, 0.1) is 6.92 Å². The Kier molecular flexibility index (Phi) is 12.1. The van der Waals surface area contributed by atoms with Crippen molar-refractivity contribution in [1.82, 2.24) is 13.7 Å². The van der Waals surface area contributed by atoms with Gasteiger partial charge in [0.05, 0.1) is 5.52 Å². The summed E-state index contributed by atoms with van der Waals surface area (Å²) in [5.41, 5.74) is 0.713. The van der Waals surface area contributed by atoms with E-state index in [2.05, 4.69) is 5.32 Å². The molecule has 1 N–H and O–H groups in total. The Bertz CT molecular complexity index is 1490. The summed E-state index contributed by atoms with van der Waals surface area (Å²) in [7, 11) is 3.15. The molecule has 8 heteroatoms. The van der Waals surface area contributed by atoms with Crippen LogP contribution in [0.2, 0.25) is 11.6 Å². The summed E-state index contributed by atoms with van der Waals surface area (Å²) >= 11 is 0. The van der Waals surface area contributed by atoms with Gasteiger partial charge in [0.15, 0.2) is 0 Å². The van der Waals surface area contributed by atoms with Gasteiger partial charge in [-0.1, -0.05) is 134 Å². The number of rotatable bonds is 6. The fraction of sp³-hybridized carbons (Fsp3) is 0.821. The van der Waals surface area contributed by atoms with Gasteiger partial charge in [-0.15, -0.1) is 0 Å². The van der Waals surface area contributed by atoms with E-state index in [0.717, 1.165) is 88.7 Å².